The van der Waals surface area contributed by atoms with Gasteiger partial charge >= 0.3 is 0 Å². The SMILES string of the molecule is Cc1ccccc1-c1c(C)nn(-c2nc(-c3ccc(Cl)c(Cl)c3)c(SC(C)C)s2)c1C(=O)N1CCC(CN)CC1. The third-order valence-corrected chi connectivity index (χ3v) is 10.2. The fourth-order valence-corrected chi connectivity index (χ4v) is 7.84. The molecule has 1 aliphatic heterocycles. The van der Waals surface area contributed by atoms with Crippen LogP contribution in [-0.4, -0.2) is 50.5 Å². The highest BCUT2D eigenvalue weighted by Crippen LogP contribution is 2.42. The van der Waals surface area contributed by atoms with Crippen molar-refractivity contribution in [1.82, 2.24) is 19.7 Å². The zero-order chi connectivity index (χ0) is 28.6. The topological polar surface area (TPSA) is 77.0 Å². The maximum Gasteiger partial charge on any atom is 0.273 e. The maximum absolute atomic E-state index is 14.3. The van der Waals surface area contributed by atoms with Crippen LogP contribution in [0.3, 0.4) is 0 Å². The number of nitrogens with zero attached hydrogens (tertiary/aromatic N) is 4. The van der Waals surface area contributed by atoms with E-state index in [0.717, 1.165) is 50.7 Å². The average Bonchev–Trinajstić information content (AvgIpc) is 3.50. The van der Waals surface area contributed by atoms with Crippen molar-refractivity contribution in [2.45, 2.75) is 50.0 Å². The lowest BCUT2D eigenvalue weighted by Gasteiger charge is -2.31. The van der Waals surface area contributed by atoms with E-state index >= 15 is 0 Å². The van der Waals surface area contributed by atoms with E-state index in [1.807, 2.05) is 36.1 Å². The van der Waals surface area contributed by atoms with Crippen LogP contribution in [0.1, 0.15) is 48.4 Å². The molecule has 2 N–H and O–H groups in total. The number of amides is 1. The molecule has 40 heavy (non-hydrogen) atoms. The number of benzene rings is 2. The van der Waals surface area contributed by atoms with Crippen LogP contribution in [0.15, 0.2) is 46.7 Å². The van der Waals surface area contributed by atoms with E-state index in [1.54, 1.807) is 22.5 Å². The molecule has 0 bridgehead atoms. The smallest absolute Gasteiger partial charge is 0.273 e. The highest BCUT2D eigenvalue weighted by molar-refractivity contribution is 8.01. The summed E-state index contributed by atoms with van der Waals surface area (Å²) in [5.74, 6) is 0.425. The summed E-state index contributed by atoms with van der Waals surface area (Å²) < 4.78 is 2.79. The second-order valence-corrected chi connectivity index (χ2v) is 14.1. The summed E-state index contributed by atoms with van der Waals surface area (Å²) in [6, 6.07) is 13.7. The second-order valence-electron chi connectivity index (χ2n) is 10.4. The van der Waals surface area contributed by atoms with Crippen molar-refractivity contribution in [3.8, 4) is 27.5 Å². The Hall–Kier alpha value is -2.36. The molecular weight excluding hydrogens is 581 g/mol. The number of aryl methyl sites for hydroxylation is 2. The minimum absolute atomic E-state index is 0.0290. The number of thioether (sulfide) groups is 1. The number of carbonyl (C=O) groups excluding carboxylic acids is 1. The van der Waals surface area contributed by atoms with Gasteiger partial charge in [-0.1, -0.05) is 78.7 Å². The fourth-order valence-electron chi connectivity index (χ4n) is 5.07. The lowest BCUT2D eigenvalue weighted by atomic mass is 9.95. The van der Waals surface area contributed by atoms with Crippen molar-refractivity contribution in [2.24, 2.45) is 11.7 Å². The van der Waals surface area contributed by atoms with Gasteiger partial charge in [-0.05, 0) is 62.4 Å². The molecular formula is C30H33Cl2N5OS2. The third kappa shape index (κ3) is 5.83. The van der Waals surface area contributed by atoms with Gasteiger partial charge in [0.15, 0.2) is 0 Å². The summed E-state index contributed by atoms with van der Waals surface area (Å²) in [6.45, 7) is 10.3. The van der Waals surface area contributed by atoms with Crippen molar-refractivity contribution in [3.05, 3.63) is 69.5 Å². The monoisotopic (exact) mass is 613 g/mol. The Balaban J connectivity index is 1.68. The lowest BCUT2D eigenvalue weighted by molar-refractivity contribution is 0.0685. The minimum atomic E-state index is -0.0290. The molecule has 0 radical (unpaired) electrons. The number of hydrogen-bond donors (Lipinski definition) is 1. The molecule has 4 aromatic rings. The van der Waals surface area contributed by atoms with Crippen molar-refractivity contribution >= 4 is 52.2 Å². The van der Waals surface area contributed by atoms with Crippen molar-refractivity contribution in [1.29, 1.82) is 0 Å². The Bertz CT molecular complexity index is 1540. The quantitative estimate of drug-likeness (QED) is 0.214. The van der Waals surface area contributed by atoms with E-state index in [9.17, 15) is 4.79 Å². The first-order valence-electron chi connectivity index (χ1n) is 13.5. The summed E-state index contributed by atoms with van der Waals surface area (Å²) in [5, 5.41) is 6.90. The fraction of sp³-hybridized carbons (Fsp3) is 0.367. The van der Waals surface area contributed by atoms with Crippen LogP contribution in [0.5, 0.6) is 0 Å². The lowest BCUT2D eigenvalue weighted by Crippen LogP contribution is -2.41. The number of thiazole rings is 1. The van der Waals surface area contributed by atoms with Crippen LogP contribution in [0, 0.1) is 19.8 Å². The molecule has 0 aliphatic carbocycles. The summed E-state index contributed by atoms with van der Waals surface area (Å²) in [7, 11) is 0. The molecule has 3 heterocycles. The zero-order valence-electron chi connectivity index (χ0n) is 23.1. The van der Waals surface area contributed by atoms with Crippen molar-refractivity contribution in [2.75, 3.05) is 19.6 Å². The largest absolute Gasteiger partial charge is 0.337 e. The van der Waals surface area contributed by atoms with E-state index in [1.165, 1.54) is 11.3 Å². The summed E-state index contributed by atoms with van der Waals surface area (Å²) in [4.78, 5) is 21.3. The zero-order valence-corrected chi connectivity index (χ0v) is 26.2. The molecule has 2 aromatic carbocycles. The van der Waals surface area contributed by atoms with Crippen LogP contribution in [-0.2, 0) is 0 Å². The number of likely N-dealkylation sites (tertiary alicyclic amines) is 1. The highest BCUT2D eigenvalue weighted by Gasteiger charge is 2.32. The first kappa shape index (κ1) is 29.1. The Morgan fingerprint density at radius 1 is 1.12 bits per heavy atom. The Morgan fingerprint density at radius 2 is 1.85 bits per heavy atom. The minimum Gasteiger partial charge on any atom is -0.337 e. The predicted molar refractivity (Wildman–Crippen MR) is 168 cm³/mol. The van der Waals surface area contributed by atoms with E-state index in [4.69, 9.17) is 39.0 Å². The number of rotatable bonds is 7. The maximum atomic E-state index is 14.3. The predicted octanol–water partition coefficient (Wildman–Crippen LogP) is 7.90. The molecule has 1 saturated heterocycles. The van der Waals surface area contributed by atoms with E-state index < -0.39 is 0 Å². The first-order valence-corrected chi connectivity index (χ1v) is 15.9. The molecule has 1 aliphatic rings. The molecule has 0 atom stereocenters. The van der Waals surface area contributed by atoms with E-state index in [-0.39, 0.29) is 5.91 Å². The van der Waals surface area contributed by atoms with Gasteiger partial charge < -0.3 is 10.6 Å². The molecule has 2 aromatic heterocycles. The number of piperidine rings is 1. The third-order valence-electron chi connectivity index (χ3n) is 7.21. The van der Waals surface area contributed by atoms with Crippen LogP contribution in [0.25, 0.3) is 27.5 Å². The van der Waals surface area contributed by atoms with Crippen LogP contribution < -0.4 is 5.73 Å². The second kappa shape index (κ2) is 12.2. The Kier molecular flexibility index (Phi) is 8.92. The molecule has 10 heteroatoms. The van der Waals surface area contributed by atoms with Gasteiger partial charge in [-0.25, -0.2) is 4.98 Å². The van der Waals surface area contributed by atoms with Crippen LogP contribution in [0.4, 0.5) is 0 Å². The number of nitrogens with two attached hydrogens (primary N) is 1. The average molecular weight is 615 g/mol. The standard InChI is InChI=1S/C30H33Cl2N5OS2/c1-17(2)39-29-26(21-9-10-23(31)24(32)15-21)34-30(40-29)37-27(28(38)36-13-11-20(16-33)12-14-36)25(19(4)35-37)22-8-6-5-7-18(22)3/h5-10,15,17,20H,11-14,16,33H2,1-4H3. The van der Waals surface area contributed by atoms with E-state index in [2.05, 4.69) is 32.9 Å². The molecule has 0 saturated carbocycles. The van der Waals surface area contributed by atoms with Gasteiger partial charge in [0.05, 0.1) is 25.6 Å². The summed E-state index contributed by atoms with van der Waals surface area (Å²) >= 11 is 15.9. The molecule has 5 rings (SSSR count). The molecule has 1 fully saturated rings. The van der Waals surface area contributed by atoms with Gasteiger partial charge in [0.2, 0.25) is 5.13 Å². The molecule has 210 valence electrons. The van der Waals surface area contributed by atoms with Gasteiger partial charge in [-0.15, -0.1) is 11.8 Å². The van der Waals surface area contributed by atoms with Gasteiger partial charge in [-0.3, -0.25) is 4.79 Å². The Morgan fingerprint density at radius 3 is 2.50 bits per heavy atom. The van der Waals surface area contributed by atoms with Gasteiger partial charge in [0.25, 0.3) is 5.91 Å². The Labute approximate surface area is 253 Å². The molecule has 1 amide bonds. The first-order chi connectivity index (χ1) is 19.2. The van der Waals surface area contributed by atoms with Gasteiger partial charge in [0.1, 0.15) is 5.69 Å². The summed E-state index contributed by atoms with van der Waals surface area (Å²) in [5.41, 5.74) is 11.9. The number of carbonyl (C=O) groups is 1. The highest BCUT2D eigenvalue weighted by atomic mass is 35.5. The number of hydrogen-bond acceptors (Lipinski definition) is 6. The van der Waals surface area contributed by atoms with Crippen molar-refractivity contribution in [3.63, 3.8) is 0 Å². The normalized spacial score (nSPS) is 14.3. The molecule has 0 spiro atoms. The number of halogens is 2. The van der Waals surface area contributed by atoms with Crippen molar-refractivity contribution < 1.29 is 4.79 Å². The van der Waals surface area contributed by atoms with Crippen LogP contribution >= 0.6 is 46.3 Å². The summed E-state index contributed by atoms with van der Waals surface area (Å²) in [6.07, 6.45) is 1.81. The van der Waals surface area contributed by atoms with Gasteiger partial charge in [-0.2, -0.15) is 9.78 Å². The van der Waals surface area contributed by atoms with Crippen LogP contribution in [0.2, 0.25) is 10.0 Å². The number of aromatic nitrogens is 3. The van der Waals surface area contributed by atoms with Gasteiger partial charge in [0, 0.05) is 29.5 Å². The molecule has 6 nitrogen and oxygen atoms in total. The van der Waals surface area contributed by atoms with E-state index in [0.29, 0.717) is 51.7 Å². The molecule has 0 unspecified atom stereocenters.